The maximum Gasteiger partial charge on any atom is 0.230 e. The number of carbonyl (C=O) groups is 1. The van der Waals surface area contributed by atoms with E-state index in [-0.39, 0.29) is 11.9 Å². The SMILES string of the molecule is Cc1nnc(SCC(=O)N[C@@H](C)c2ccc3c(c2)OCCO3)n1C1CC1. The number of nitrogens with zero attached hydrogens (tertiary/aromatic N) is 3. The Kier molecular flexibility index (Phi) is 4.76. The number of amides is 1. The fourth-order valence-corrected chi connectivity index (χ4v) is 3.89. The van der Waals surface area contributed by atoms with Crippen molar-refractivity contribution in [1.82, 2.24) is 20.1 Å². The van der Waals surface area contributed by atoms with Gasteiger partial charge >= 0.3 is 0 Å². The van der Waals surface area contributed by atoms with Crippen molar-refractivity contribution in [2.75, 3.05) is 19.0 Å². The Morgan fingerprint density at radius 3 is 2.85 bits per heavy atom. The van der Waals surface area contributed by atoms with Crippen LogP contribution in [0, 0.1) is 6.92 Å². The Balaban J connectivity index is 1.34. The molecule has 138 valence electrons. The molecule has 1 aliphatic heterocycles. The third-order valence-corrected chi connectivity index (χ3v) is 5.47. The van der Waals surface area contributed by atoms with E-state index in [9.17, 15) is 4.79 Å². The lowest BCUT2D eigenvalue weighted by molar-refractivity contribution is -0.119. The van der Waals surface area contributed by atoms with Crippen molar-refractivity contribution in [3.63, 3.8) is 0 Å². The number of thioether (sulfide) groups is 1. The average Bonchev–Trinajstić information content (AvgIpc) is 3.42. The summed E-state index contributed by atoms with van der Waals surface area (Å²) >= 11 is 1.44. The summed E-state index contributed by atoms with van der Waals surface area (Å²) in [6.45, 7) is 5.04. The highest BCUT2D eigenvalue weighted by atomic mass is 32.2. The number of carbonyl (C=O) groups excluding carboxylic acids is 1. The van der Waals surface area contributed by atoms with Crippen molar-refractivity contribution in [2.24, 2.45) is 0 Å². The number of hydrogen-bond donors (Lipinski definition) is 1. The number of fused-ring (bicyclic) bond motifs is 1. The molecule has 0 radical (unpaired) electrons. The minimum absolute atomic E-state index is 0.0274. The maximum absolute atomic E-state index is 12.3. The van der Waals surface area contributed by atoms with Crippen LogP contribution in [0.15, 0.2) is 23.4 Å². The van der Waals surface area contributed by atoms with Gasteiger partial charge < -0.3 is 19.4 Å². The number of aryl methyl sites for hydroxylation is 1. The van der Waals surface area contributed by atoms with Gasteiger partial charge in [0.1, 0.15) is 19.0 Å². The Hall–Kier alpha value is -2.22. The van der Waals surface area contributed by atoms with Gasteiger partial charge in [0.15, 0.2) is 16.7 Å². The van der Waals surface area contributed by atoms with Crippen molar-refractivity contribution in [3.05, 3.63) is 29.6 Å². The molecule has 1 aliphatic carbocycles. The van der Waals surface area contributed by atoms with Gasteiger partial charge in [-0.1, -0.05) is 17.8 Å². The van der Waals surface area contributed by atoms with Crippen LogP contribution in [0.4, 0.5) is 0 Å². The summed E-state index contributed by atoms with van der Waals surface area (Å²) in [5, 5.41) is 12.2. The molecule has 1 aromatic carbocycles. The van der Waals surface area contributed by atoms with E-state index in [0.29, 0.717) is 25.0 Å². The van der Waals surface area contributed by atoms with Crippen molar-refractivity contribution in [2.45, 2.75) is 43.9 Å². The number of nitrogens with one attached hydrogen (secondary N) is 1. The lowest BCUT2D eigenvalue weighted by Crippen LogP contribution is -2.28. The van der Waals surface area contributed by atoms with Crippen molar-refractivity contribution in [1.29, 1.82) is 0 Å². The molecule has 0 spiro atoms. The van der Waals surface area contributed by atoms with E-state index >= 15 is 0 Å². The van der Waals surface area contributed by atoms with Crippen molar-refractivity contribution < 1.29 is 14.3 Å². The van der Waals surface area contributed by atoms with Crippen LogP contribution in [0.2, 0.25) is 0 Å². The largest absolute Gasteiger partial charge is 0.486 e. The minimum Gasteiger partial charge on any atom is -0.486 e. The van der Waals surface area contributed by atoms with Gasteiger partial charge in [-0.05, 0) is 44.4 Å². The highest BCUT2D eigenvalue weighted by molar-refractivity contribution is 7.99. The Bertz CT molecular complexity index is 819. The predicted octanol–water partition coefficient (Wildman–Crippen LogP) is 2.66. The molecular formula is C18H22N4O3S. The first-order chi connectivity index (χ1) is 12.6. The van der Waals surface area contributed by atoms with E-state index in [1.807, 2.05) is 32.0 Å². The predicted molar refractivity (Wildman–Crippen MR) is 97.7 cm³/mol. The molecule has 1 amide bonds. The molecule has 0 bridgehead atoms. The quantitative estimate of drug-likeness (QED) is 0.783. The van der Waals surface area contributed by atoms with E-state index in [4.69, 9.17) is 9.47 Å². The second-order valence-corrected chi connectivity index (χ2v) is 7.55. The van der Waals surface area contributed by atoms with E-state index in [1.54, 1.807) is 0 Å². The van der Waals surface area contributed by atoms with Gasteiger partial charge in [-0.25, -0.2) is 0 Å². The van der Waals surface area contributed by atoms with Crippen LogP contribution in [0.3, 0.4) is 0 Å². The van der Waals surface area contributed by atoms with Crippen LogP contribution in [-0.4, -0.2) is 39.6 Å². The second kappa shape index (κ2) is 7.19. The number of ether oxygens (including phenoxy) is 2. The zero-order valence-electron chi connectivity index (χ0n) is 14.9. The third-order valence-electron chi connectivity index (χ3n) is 4.52. The zero-order chi connectivity index (χ0) is 18.1. The molecule has 1 fully saturated rings. The third kappa shape index (κ3) is 3.65. The van der Waals surface area contributed by atoms with Gasteiger partial charge in [-0.15, -0.1) is 10.2 Å². The molecule has 26 heavy (non-hydrogen) atoms. The summed E-state index contributed by atoms with van der Waals surface area (Å²) in [4.78, 5) is 12.3. The summed E-state index contributed by atoms with van der Waals surface area (Å²) in [7, 11) is 0. The molecule has 2 aromatic rings. The number of benzene rings is 1. The summed E-state index contributed by atoms with van der Waals surface area (Å²) in [6.07, 6.45) is 2.33. The topological polar surface area (TPSA) is 78.3 Å². The summed E-state index contributed by atoms with van der Waals surface area (Å²) in [6, 6.07) is 6.18. The number of aromatic nitrogens is 3. The first-order valence-electron chi connectivity index (χ1n) is 8.85. The minimum atomic E-state index is -0.109. The van der Waals surface area contributed by atoms with E-state index in [1.165, 1.54) is 24.6 Å². The molecule has 0 unspecified atom stereocenters. The molecular weight excluding hydrogens is 352 g/mol. The molecule has 0 saturated heterocycles. The highest BCUT2D eigenvalue weighted by Gasteiger charge is 2.28. The van der Waals surface area contributed by atoms with E-state index < -0.39 is 0 Å². The Morgan fingerprint density at radius 1 is 1.31 bits per heavy atom. The first-order valence-corrected chi connectivity index (χ1v) is 9.83. The van der Waals surface area contributed by atoms with Gasteiger partial charge in [-0.3, -0.25) is 4.79 Å². The summed E-state index contributed by atoms with van der Waals surface area (Å²) in [5.41, 5.74) is 0.990. The Morgan fingerprint density at radius 2 is 2.08 bits per heavy atom. The number of hydrogen-bond acceptors (Lipinski definition) is 6. The second-order valence-electron chi connectivity index (χ2n) is 6.61. The smallest absolute Gasteiger partial charge is 0.230 e. The van der Waals surface area contributed by atoms with Crippen LogP contribution < -0.4 is 14.8 Å². The first kappa shape index (κ1) is 17.2. The van der Waals surface area contributed by atoms with Crippen LogP contribution in [0.5, 0.6) is 11.5 Å². The lowest BCUT2D eigenvalue weighted by Gasteiger charge is -2.21. The number of rotatable bonds is 6. The average molecular weight is 374 g/mol. The Labute approximate surface area is 156 Å². The fourth-order valence-electron chi connectivity index (χ4n) is 3.03. The van der Waals surface area contributed by atoms with E-state index in [2.05, 4.69) is 20.1 Å². The van der Waals surface area contributed by atoms with Crippen LogP contribution in [0.25, 0.3) is 0 Å². The van der Waals surface area contributed by atoms with Gasteiger partial charge in [0.25, 0.3) is 0 Å². The zero-order valence-corrected chi connectivity index (χ0v) is 15.7. The molecule has 7 nitrogen and oxygen atoms in total. The maximum atomic E-state index is 12.3. The van der Waals surface area contributed by atoms with Gasteiger partial charge in [-0.2, -0.15) is 0 Å². The van der Waals surface area contributed by atoms with Crippen molar-refractivity contribution >= 4 is 17.7 Å². The fraction of sp³-hybridized carbons (Fsp3) is 0.500. The molecule has 2 heterocycles. The van der Waals surface area contributed by atoms with Crippen LogP contribution in [0.1, 0.15) is 43.2 Å². The highest BCUT2D eigenvalue weighted by Crippen LogP contribution is 2.38. The molecule has 2 aliphatic rings. The lowest BCUT2D eigenvalue weighted by atomic mass is 10.1. The molecule has 1 atom stereocenters. The monoisotopic (exact) mass is 374 g/mol. The van der Waals surface area contributed by atoms with Crippen LogP contribution >= 0.6 is 11.8 Å². The van der Waals surface area contributed by atoms with E-state index in [0.717, 1.165) is 28.0 Å². The summed E-state index contributed by atoms with van der Waals surface area (Å²) in [5.74, 6) is 2.70. The molecule has 4 rings (SSSR count). The van der Waals surface area contributed by atoms with Crippen LogP contribution in [-0.2, 0) is 4.79 Å². The van der Waals surface area contributed by atoms with Crippen molar-refractivity contribution in [3.8, 4) is 11.5 Å². The standard InChI is InChI=1S/C18H22N4O3S/c1-11(13-3-6-15-16(9-13)25-8-7-24-15)19-17(23)10-26-18-21-20-12(2)22(18)14-4-5-14/h3,6,9,11,14H,4-5,7-8,10H2,1-2H3,(H,19,23)/t11-/m0/s1. The molecule has 1 N–H and O–H groups in total. The van der Waals surface area contributed by atoms with Gasteiger partial charge in [0, 0.05) is 6.04 Å². The summed E-state index contributed by atoms with van der Waals surface area (Å²) < 4.78 is 13.3. The molecule has 1 aromatic heterocycles. The molecule has 8 heteroatoms. The molecule has 1 saturated carbocycles. The van der Waals surface area contributed by atoms with Gasteiger partial charge in [0.05, 0.1) is 11.8 Å². The van der Waals surface area contributed by atoms with Gasteiger partial charge in [0.2, 0.25) is 5.91 Å². The normalized spacial score (nSPS) is 17.0.